The predicted octanol–water partition coefficient (Wildman–Crippen LogP) is 0.449. The van der Waals surface area contributed by atoms with E-state index in [0.29, 0.717) is 0 Å². The zero-order chi connectivity index (χ0) is 6.81. The van der Waals surface area contributed by atoms with Crippen molar-refractivity contribution in [3.63, 3.8) is 0 Å². The Bertz CT molecular complexity index is 93.6. The van der Waals surface area contributed by atoms with Gasteiger partial charge >= 0.3 is 0 Å². The average molecular weight is 162 g/mol. The Morgan fingerprint density at radius 3 is 2.50 bits per heavy atom. The molecule has 2 fully saturated rings. The maximum atomic E-state index is 5.35. The van der Waals surface area contributed by atoms with E-state index < -0.39 is 0 Å². The molecular weight excluding hydrogens is 152 g/mol. The molecule has 0 saturated carbocycles. The molecule has 10 heavy (non-hydrogen) atoms. The van der Waals surface area contributed by atoms with Crippen LogP contribution in [-0.2, 0) is 14.2 Å². The summed E-state index contributed by atoms with van der Waals surface area (Å²) in [6, 6.07) is 0. The highest BCUT2D eigenvalue weighted by molar-refractivity contribution is 7.99. The molecule has 0 radical (unpaired) electrons. The van der Waals surface area contributed by atoms with E-state index in [1.165, 1.54) is 0 Å². The van der Waals surface area contributed by atoms with Gasteiger partial charge in [0.15, 0.2) is 6.29 Å². The minimum absolute atomic E-state index is 0.0880. The monoisotopic (exact) mass is 162 g/mol. The second-order valence-corrected chi connectivity index (χ2v) is 3.28. The maximum Gasteiger partial charge on any atom is 0.184 e. The summed E-state index contributed by atoms with van der Waals surface area (Å²) in [6.07, 6.45) is 0.0856. The quantitative estimate of drug-likeness (QED) is 0.559. The van der Waals surface area contributed by atoms with Crippen LogP contribution >= 0.6 is 11.8 Å². The van der Waals surface area contributed by atoms with Crippen molar-refractivity contribution in [2.24, 2.45) is 0 Å². The molecule has 0 aliphatic carbocycles. The van der Waals surface area contributed by atoms with Gasteiger partial charge in [0.2, 0.25) is 0 Å². The summed E-state index contributed by atoms with van der Waals surface area (Å²) in [6.45, 7) is 1.43. The van der Waals surface area contributed by atoms with Crippen LogP contribution in [0.2, 0.25) is 0 Å². The predicted molar refractivity (Wildman–Crippen MR) is 37.9 cm³/mol. The summed E-state index contributed by atoms with van der Waals surface area (Å²) in [5, 5.41) is 0. The van der Waals surface area contributed by atoms with Crippen LogP contribution in [0.4, 0.5) is 0 Å². The van der Waals surface area contributed by atoms with E-state index in [1.54, 1.807) is 11.8 Å². The lowest BCUT2D eigenvalue weighted by Gasteiger charge is -2.14. The molecule has 0 spiro atoms. The van der Waals surface area contributed by atoms with Gasteiger partial charge in [0.25, 0.3) is 0 Å². The molecule has 2 heterocycles. The molecule has 0 aromatic heterocycles. The van der Waals surface area contributed by atoms with Crippen LogP contribution in [0.1, 0.15) is 0 Å². The van der Waals surface area contributed by atoms with E-state index in [2.05, 4.69) is 0 Å². The fraction of sp³-hybridized carbons (Fsp3) is 1.00. The lowest BCUT2D eigenvalue weighted by atomic mass is 10.4. The molecular formula is C6H10O3S. The molecule has 0 bridgehead atoms. The molecule has 1 atom stereocenters. The van der Waals surface area contributed by atoms with Crippen molar-refractivity contribution in [1.82, 2.24) is 0 Å². The Morgan fingerprint density at radius 2 is 1.90 bits per heavy atom. The fourth-order valence-electron chi connectivity index (χ4n) is 1.10. The molecule has 4 heteroatoms. The van der Waals surface area contributed by atoms with Crippen LogP contribution in [0, 0.1) is 0 Å². The van der Waals surface area contributed by atoms with E-state index >= 15 is 0 Å². The Labute approximate surface area is 64.0 Å². The summed E-state index contributed by atoms with van der Waals surface area (Å²) in [5.74, 6) is 1.79. The first-order chi connectivity index (χ1) is 4.97. The summed E-state index contributed by atoms with van der Waals surface area (Å²) < 4.78 is 15.9. The van der Waals surface area contributed by atoms with E-state index in [0.717, 1.165) is 24.9 Å². The van der Waals surface area contributed by atoms with Crippen LogP contribution in [0.25, 0.3) is 0 Å². The Morgan fingerprint density at radius 1 is 1.10 bits per heavy atom. The number of ether oxygens (including phenoxy) is 3. The lowest BCUT2D eigenvalue weighted by Crippen LogP contribution is -2.28. The van der Waals surface area contributed by atoms with Gasteiger partial charge in [0.1, 0.15) is 6.10 Å². The highest BCUT2D eigenvalue weighted by atomic mass is 32.2. The summed E-state index contributed by atoms with van der Waals surface area (Å²) in [7, 11) is 0. The molecule has 2 aliphatic rings. The van der Waals surface area contributed by atoms with Gasteiger partial charge in [-0.2, -0.15) is 0 Å². The molecule has 0 N–H and O–H groups in total. The second-order valence-electron chi connectivity index (χ2n) is 2.30. The smallest absolute Gasteiger partial charge is 0.184 e. The zero-order valence-electron chi connectivity index (χ0n) is 5.62. The molecule has 3 nitrogen and oxygen atoms in total. The first-order valence-electron chi connectivity index (χ1n) is 3.39. The Kier molecular flexibility index (Phi) is 2.13. The van der Waals surface area contributed by atoms with Crippen LogP contribution < -0.4 is 0 Å². The Hall–Kier alpha value is 0.230. The molecule has 0 aromatic carbocycles. The van der Waals surface area contributed by atoms with Crippen molar-refractivity contribution in [3.05, 3.63) is 0 Å². The van der Waals surface area contributed by atoms with Gasteiger partial charge in [-0.3, -0.25) is 0 Å². The first kappa shape index (κ1) is 6.91. The van der Waals surface area contributed by atoms with Gasteiger partial charge in [0, 0.05) is 5.75 Å². The largest absolute Gasteiger partial charge is 0.361 e. The molecule has 2 rings (SSSR count). The van der Waals surface area contributed by atoms with Crippen LogP contribution in [0.5, 0.6) is 0 Å². The molecule has 0 aromatic rings. The summed E-state index contributed by atoms with van der Waals surface area (Å²) in [4.78, 5) is 0. The summed E-state index contributed by atoms with van der Waals surface area (Å²) >= 11 is 1.79. The maximum absolute atomic E-state index is 5.35. The van der Waals surface area contributed by atoms with Crippen LogP contribution in [-0.4, -0.2) is 37.3 Å². The first-order valence-corrected chi connectivity index (χ1v) is 4.55. The molecule has 2 saturated heterocycles. The van der Waals surface area contributed by atoms with Gasteiger partial charge in [-0.25, -0.2) is 0 Å². The number of hydrogen-bond acceptors (Lipinski definition) is 4. The zero-order valence-corrected chi connectivity index (χ0v) is 6.43. The van der Waals surface area contributed by atoms with Gasteiger partial charge in [-0.05, 0) is 0 Å². The third kappa shape index (κ3) is 1.29. The minimum atomic E-state index is -0.0880. The SMILES string of the molecule is C1COC(C2CSCO2)O1. The molecule has 2 aliphatic heterocycles. The number of hydrogen-bond donors (Lipinski definition) is 0. The van der Waals surface area contributed by atoms with E-state index in [9.17, 15) is 0 Å². The topological polar surface area (TPSA) is 27.7 Å². The third-order valence-corrected chi connectivity index (χ3v) is 2.47. The summed E-state index contributed by atoms with van der Waals surface area (Å²) in [5.41, 5.74) is 0. The van der Waals surface area contributed by atoms with E-state index in [1.807, 2.05) is 0 Å². The van der Waals surface area contributed by atoms with Gasteiger partial charge in [-0.15, -0.1) is 11.8 Å². The molecule has 58 valence electrons. The van der Waals surface area contributed by atoms with Gasteiger partial charge in [0.05, 0.1) is 19.2 Å². The molecule has 0 amide bonds. The van der Waals surface area contributed by atoms with Crippen molar-refractivity contribution >= 4 is 11.8 Å². The van der Waals surface area contributed by atoms with E-state index in [4.69, 9.17) is 14.2 Å². The second kappa shape index (κ2) is 3.09. The van der Waals surface area contributed by atoms with Crippen LogP contribution in [0.3, 0.4) is 0 Å². The van der Waals surface area contributed by atoms with Crippen molar-refractivity contribution < 1.29 is 14.2 Å². The third-order valence-electron chi connectivity index (χ3n) is 1.60. The average Bonchev–Trinajstić information content (AvgIpc) is 2.59. The fourth-order valence-corrected chi connectivity index (χ4v) is 1.95. The standard InChI is InChI=1S/C6H10O3S/c1-2-8-6(7-1)5-3-10-4-9-5/h5-6H,1-4H2. The highest BCUT2D eigenvalue weighted by Gasteiger charge is 2.30. The van der Waals surface area contributed by atoms with Crippen molar-refractivity contribution in [1.29, 1.82) is 0 Å². The van der Waals surface area contributed by atoms with Crippen molar-refractivity contribution in [2.45, 2.75) is 12.4 Å². The highest BCUT2D eigenvalue weighted by Crippen LogP contribution is 2.22. The lowest BCUT2D eigenvalue weighted by molar-refractivity contribution is -0.121. The number of thioether (sulfide) groups is 1. The van der Waals surface area contributed by atoms with Crippen LogP contribution in [0.15, 0.2) is 0 Å². The minimum Gasteiger partial charge on any atom is -0.361 e. The van der Waals surface area contributed by atoms with Crippen molar-refractivity contribution in [3.8, 4) is 0 Å². The van der Waals surface area contributed by atoms with E-state index in [-0.39, 0.29) is 12.4 Å². The Balaban J connectivity index is 1.85. The molecule has 1 unspecified atom stereocenters. The van der Waals surface area contributed by atoms with Crippen molar-refractivity contribution in [2.75, 3.05) is 24.9 Å². The normalized spacial score (nSPS) is 35.4. The van der Waals surface area contributed by atoms with Gasteiger partial charge < -0.3 is 14.2 Å². The van der Waals surface area contributed by atoms with Gasteiger partial charge in [-0.1, -0.05) is 0 Å². The number of rotatable bonds is 1.